The highest BCUT2D eigenvalue weighted by atomic mass is 16.1. The second-order valence-electron chi connectivity index (χ2n) is 6.68. The van der Waals surface area contributed by atoms with Gasteiger partial charge >= 0.3 is 0 Å². The van der Waals surface area contributed by atoms with Crippen molar-refractivity contribution < 1.29 is 0 Å². The van der Waals surface area contributed by atoms with Gasteiger partial charge in [0.2, 0.25) is 0 Å². The summed E-state index contributed by atoms with van der Waals surface area (Å²) in [5, 5.41) is 6.01. The lowest BCUT2D eigenvalue weighted by Gasteiger charge is -2.22. The van der Waals surface area contributed by atoms with Gasteiger partial charge in [0.1, 0.15) is 0 Å². The molecule has 1 unspecified atom stereocenters. The fourth-order valence-corrected chi connectivity index (χ4v) is 3.65. The molecule has 128 valence electrons. The van der Waals surface area contributed by atoms with E-state index in [1.807, 2.05) is 12.3 Å². The van der Waals surface area contributed by atoms with E-state index < -0.39 is 0 Å². The van der Waals surface area contributed by atoms with Crippen molar-refractivity contribution in [3.05, 3.63) is 46.4 Å². The van der Waals surface area contributed by atoms with Crippen LogP contribution >= 0.6 is 0 Å². The van der Waals surface area contributed by atoms with Gasteiger partial charge in [-0.15, -0.1) is 0 Å². The SMILES string of the molecule is CCC(CC)NCC(C)n1c2cc(=O)ccc2c2cc[nH]c(C)c21. The first kappa shape index (κ1) is 16.8. The van der Waals surface area contributed by atoms with E-state index in [0.29, 0.717) is 6.04 Å². The lowest BCUT2D eigenvalue weighted by atomic mass is 10.1. The van der Waals surface area contributed by atoms with Crippen LogP contribution in [0.25, 0.3) is 21.8 Å². The molecule has 4 heteroatoms. The van der Waals surface area contributed by atoms with Gasteiger partial charge < -0.3 is 14.9 Å². The fraction of sp³-hybridized carbons (Fsp3) is 0.450. The summed E-state index contributed by atoms with van der Waals surface area (Å²) in [6, 6.07) is 8.29. The minimum absolute atomic E-state index is 0.0633. The van der Waals surface area contributed by atoms with Gasteiger partial charge in [-0.05, 0) is 44.9 Å². The van der Waals surface area contributed by atoms with Crippen LogP contribution in [0, 0.1) is 6.92 Å². The topological polar surface area (TPSA) is 49.8 Å². The number of rotatable bonds is 6. The normalized spacial score (nSPS) is 13.2. The monoisotopic (exact) mass is 325 g/mol. The third-order valence-corrected chi connectivity index (χ3v) is 5.05. The van der Waals surface area contributed by atoms with Crippen LogP contribution in [0.5, 0.6) is 0 Å². The first-order valence-corrected chi connectivity index (χ1v) is 8.92. The van der Waals surface area contributed by atoms with Crippen LogP contribution in [0.2, 0.25) is 0 Å². The van der Waals surface area contributed by atoms with Crippen molar-refractivity contribution in [3.63, 3.8) is 0 Å². The van der Waals surface area contributed by atoms with E-state index >= 15 is 0 Å². The Kier molecular flexibility index (Phi) is 4.76. The number of aromatic amines is 1. The summed E-state index contributed by atoms with van der Waals surface area (Å²) in [4.78, 5) is 15.3. The maximum absolute atomic E-state index is 11.9. The number of H-pyrrole nitrogens is 1. The van der Waals surface area contributed by atoms with E-state index in [9.17, 15) is 4.79 Å². The molecule has 0 saturated carbocycles. The zero-order chi connectivity index (χ0) is 17.3. The summed E-state index contributed by atoms with van der Waals surface area (Å²) in [6.07, 6.45) is 4.24. The molecular weight excluding hydrogens is 298 g/mol. The zero-order valence-corrected chi connectivity index (χ0v) is 15.0. The highest BCUT2D eigenvalue weighted by Gasteiger charge is 2.17. The summed E-state index contributed by atoms with van der Waals surface area (Å²) in [5.74, 6) is 0. The second kappa shape index (κ2) is 6.81. The highest BCUT2D eigenvalue weighted by molar-refractivity contribution is 6.08. The standard InChI is InChI=1S/C20H27N3O/c1-5-15(6-2)22-12-13(3)23-19-11-16(24)7-8-17(19)18-9-10-21-14(4)20(18)23/h7-11,13,15,21-22H,5-6,12H2,1-4H3. The van der Waals surface area contributed by atoms with E-state index in [1.165, 1.54) is 10.9 Å². The van der Waals surface area contributed by atoms with E-state index in [-0.39, 0.29) is 11.5 Å². The number of aryl methyl sites for hydroxylation is 1. The average molecular weight is 325 g/mol. The Morgan fingerprint density at radius 3 is 2.62 bits per heavy atom. The number of fused-ring (bicyclic) bond motifs is 3. The number of benzene rings is 1. The molecule has 0 bridgehead atoms. The molecule has 0 aliphatic carbocycles. The number of nitrogens with zero attached hydrogens (tertiary/aromatic N) is 1. The molecule has 1 atom stereocenters. The van der Waals surface area contributed by atoms with Crippen molar-refractivity contribution in [2.24, 2.45) is 0 Å². The lowest BCUT2D eigenvalue weighted by molar-refractivity contribution is 0.431. The molecule has 1 aromatic carbocycles. The van der Waals surface area contributed by atoms with Gasteiger partial charge in [-0.2, -0.15) is 0 Å². The minimum atomic E-state index is 0.0633. The van der Waals surface area contributed by atoms with Crippen molar-refractivity contribution in [3.8, 4) is 0 Å². The van der Waals surface area contributed by atoms with Crippen molar-refractivity contribution in [1.82, 2.24) is 14.9 Å². The van der Waals surface area contributed by atoms with Gasteiger partial charge in [0.25, 0.3) is 0 Å². The Bertz CT molecular complexity index is 902. The first-order chi connectivity index (χ1) is 11.6. The van der Waals surface area contributed by atoms with Gasteiger partial charge in [0, 0.05) is 47.4 Å². The zero-order valence-electron chi connectivity index (χ0n) is 15.0. The molecule has 0 aliphatic heterocycles. The van der Waals surface area contributed by atoms with Gasteiger partial charge in [-0.3, -0.25) is 4.79 Å². The molecule has 4 nitrogen and oxygen atoms in total. The predicted octanol–water partition coefficient (Wildman–Crippen LogP) is 4.13. The molecule has 0 spiro atoms. The van der Waals surface area contributed by atoms with Gasteiger partial charge in [0.05, 0.1) is 11.0 Å². The molecule has 3 rings (SSSR count). The van der Waals surface area contributed by atoms with Crippen LogP contribution in [-0.4, -0.2) is 22.1 Å². The van der Waals surface area contributed by atoms with Crippen molar-refractivity contribution >= 4 is 21.8 Å². The fourth-order valence-electron chi connectivity index (χ4n) is 3.65. The average Bonchev–Trinajstić information content (AvgIpc) is 2.90. The number of aromatic nitrogens is 2. The minimum Gasteiger partial charge on any atom is -0.364 e. The third-order valence-electron chi connectivity index (χ3n) is 5.05. The van der Waals surface area contributed by atoms with Crippen LogP contribution < -0.4 is 10.7 Å². The van der Waals surface area contributed by atoms with E-state index in [1.54, 1.807) is 12.1 Å². The van der Waals surface area contributed by atoms with Crippen LogP contribution in [0.3, 0.4) is 0 Å². The summed E-state index contributed by atoms with van der Waals surface area (Å²) in [7, 11) is 0. The Hall–Kier alpha value is -2.07. The maximum Gasteiger partial charge on any atom is 0.180 e. The smallest absolute Gasteiger partial charge is 0.180 e. The van der Waals surface area contributed by atoms with Crippen LogP contribution in [0.4, 0.5) is 0 Å². The largest absolute Gasteiger partial charge is 0.364 e. The predicted molar refractivity (Wildman–Crippen MR) is 102 cm³/mol. The van der Waals surface area contributed by atoms with Crippen molar-refractivity contribution in [2.75, 3.05) is 6.54 Å². The van der Waals surface area contributed by atoms with Crippen molar-refractivity contribution in [2.45, 2.75) is 52.6 Å². The molecule has 2 heterocycles. The molecule has 2 aromatic heterocycles. The van der Waals surface area contributed by atoms with E-state index in [4.69, 9.17) is 0 Å². The van der Waals surface area contributed by atoms with E-state index in [0.717, 1.165) is 36.0 Å². The van der Waals surface area contributed by atoms with Gasteiger partial charge in [-0.1, -0.05) is 13.8 Å². The molecule has 0 saturated heterocycles. The Morgan fingerprint density at radius 2 is 1.92 bits per heavy atom. The number of hydrogen-bond donors (Lipinski definition) is 2. The second-order valence-corrected chi connectivity index (χ2v) is 6.68. The number of hydrogen-bond acceptors (Lipinski definition) is 2. The van der Waals surface area contributed by atoms with Crippen molar-refractivity contribution in [1.29, 1.82) is 0 Å². The summed E-state index contributed by atoms with van der Waals surface area (Å²) in [5.41, 5.74) is 3.41. The van der Waals surface area contributed by atoms with E-state index in [2.05, 4.69) is 48.6 Å². The Labute approximate surface area is 142 Å². The lowest BCUT2D eigenvalue weighted by Crippen LogP contribution is -2.32. The Balaban J connectivity index is 2.13. The summed E-state index contributed by atoms with van der Waals surface area (Å²) < 4.78 is 2.31. The molecule has 2 N–H and O–H groups in total. The molecule has 3 aromatic rings. The van der Waals surface area contributed by atoms with Gasteiger partial charge in [0.15, 0.2) is 5.43 Å². The van der Waals surface area contributed by atoms with Crippen LogP contribution in [0.15, 0.2) is 35.3 Å². The van der Waals surface area contributed by atoms with Gasteiger partial charge in [-0.25, -0.2) is 0 Å². The maximum atomic E-state index is 11.9. The highest BCUT2D eigenvalue weighted by Crippen LogP contribution is 2.32. The third kappa shape index (κ3) is 2.86. The molecule has 0 radical (unpaired) electrons. The molecule has 0 fully saturated rings. The number of nitrogens with one attached hydrogen (secondary N) is 2. The van der Waals surface area contributed by atoms with Crippen LogP contribution in [0.1, 0.15) is 45.3 Å². The summed E-state index contributed by atoms with van der Waals surface area (Å²) >= 11 is 0. The number of pyridine rings is 1. The first-order valence-electron chi connectivity index (χ1n) is 8.92. The molecule has 0 aliphatic rings. The summed E-state index contributed by atoms with van der Waals surface area (Å²) in [6.45, 7) is 9.64. The molecular formula is C20H27N3O. The molecule has 0 amide bonds. The van der Waals surface area contributed by atoms with Crippen LogP contribution in [-0.2, 0) is 0 Å². The Morgan fingerprint density at radius 1 is 1.17 bits per heavy atom. The quantitative estimate of drug-likeness (QED) is 0.716. The molecule has 24 heavy (non-hydrogen) atoms.